The number of hydrogen-bond acceptors (Lipinski definition) is 3. The molecule has 0 atom stereocenters. The van der Waals surface area contributed by atoms with Gasteiger partial charge in [0.1, 0.15) is 0 Å². The van der Waals surface area contributed by atoms with Gasteiger partial charge in [-0.15, -0.1) is 0 Å². The van der Waals surface area contributed by atoms with E-state index in [0.717, 1.165) is 6.42 Å². The SMILES string of the molecule is COC(=O)C=C(N)CCc1ccccc1. The van der Waals surface area contributed by atoms with Crippen LogP contribution in [0.1, 0.15) is 12.0 Å². The Hall–Kier alpha value is -1.77. The molecule has 1 rings (SSSR count). The van der Waals surface area contributed by atoms with Gasteiger partial charge in [-0.2, -0.15) is 0 Å². The minimum absolute atomic E-state index is 0.402. The van der Waals surface area contributed by atoms with E-state index in [1.807, 2.05) is 30.3 Å². The number of esters is 1. The second kappa shape index (κ2) is 5.86. The highest BCUT2D eigenvalue weighted by molar-refractivity contribution is 5.82. The first-order chi connectivity index (χ1) is 7.22. The highest BCUT2D eigenvalue weighted by atomic mass is 16.5. The second-order valence-electron chi connectivity index (χ2n) is 3.23. The first-order valence-electron chi connectivity index (χ1n) is 4.80. The molecule has 0 unspecified atom stereocenters. The molecule has 3 heteroatoms. The van der Waals surface area contributed by atoms with Crippen LogP contribution in [0.15, 0.2) is 42.1 Å². The van der Waals surface area contributed by atoms with Gasteiger partial charge >= 0.3 is 5.97 Å². The fourth-order valence-corrected chi connectivity index (χ4v) is 1.22. The van der Waals surface area contributed by atoms with Crippen LogP contribution in [0.2, 0.25) is 0 Å². The van der Waals surface area contributed by atoms with Gasteiger partial charge in [0.15, 0.2) is 0 Å². The maximum Gasteiger partial charge on any atom is 0.332 e. The molecule has 0 aromatic heterocycles. The standard InChI is InChI=1S/C12H15NO2/c1-15-12(14)9-11(13)8-7-10-5-3-2-4-6-10/h2-6,9H,7-8,13H2,1H3. The molecule has 1 aromatic carbocycles. The zero-order chi connectivity index (χ0) is 11.1. The van der Waals surface area contributed by atoms with Gasteiger partial charge < -0.3 is 10.5 Å². The van der Waals surface area contributed by atoms with Crippen molar-refractivity contribution in [2.45, 2.75) is 12.8 Å². The predicted molar refractivity (Wildman–Crippen MR) is 59.0 cm³/mol. The van der Waals surface area contributed by atoms with Gasteiger partial charge in [0.25, 0.3) is 0 Å². The Morgan fingerprint density at radius 2 is 2.07 bits per heavy atom. The Balaban J connectivity index is 2.44. The number of methoxy groups -OCH3 is 1. The van der Waals surface area contributed by atoms with Crippen molar-refractivity contribution in [1.29, 1.82) is 0 Å². The number of rotatable bonds is 4. The van der Waals surface area contributed by atoms with E-state index in [1.165, 1.54) is 18.7 Å². The van der Waals surface area contributed by atoms with Crippen LogP contribution in [0.25, 0.3) is 0 Å². The predicted octanol–water partition coefficient (Wildman–Crippen LogP) is 1.63. The summed E-state index contributed by atoms with van der Waals surface area (Å²) >= 11 is 0. The largest absolute Gasteiger partial charge is 0.466 e. The molecule has 2 N–H and O–H groups in total. The summed E-state index contributed by atoms with van der Waals surface area (Å²) in [6.45, 7) is 0. The second-order valence-corrected chi connectivity index (χ2v) is 3.23. The molecule has 0 heterocycles. The molecule has 0 saturated heterocycles. The molecule has 0 bridgehead atoms. The number of aryl methyl sites for hydroxylation is 1. The molecule has 1 aromatic rings. The molecule has 0 aliphatic rings. The Kier molecular flexibility index (Phi) is 4.41. The number of carbonyl (C=O) groups excluding carboxylic acids is 1. The lowest BCUT2D eigenvalue weighted by Crippen LogP contribution is -2.04. The molecular formula is C12H15NO2. The van der Waals surface area contributed by atoms with E-state index in [4.69, 9.17) is 5.73 Å². The number of hydrogen-bond donors (Lipinski definition) is 1. The molecule has 0 aliphatic heterocycles. The molecule has 80 valence electrons. The molecule has 0 amide bonds. The average Bonchev–Trinajstić information content (AvgIpc) is 2.27. The number of benzene rings is 1. The van der Waals surface area contributed by atoms with E-state index in [-0.39, 0.29) is 0 Å². The summed E-state index contributed by atoms with van der Waals surface area (Å²) in [6.07, 6.45) is 2.82. The summed E-state index contributed by atoms with van der Waals surface area (Å²) in [5.41, 5.74) is 7.41. The Morgan fingerprint density at radius 1 is 1.40 bits per heavy atom. The number of carbonyl (C=O) groups is 1. The van der Waals surface area contributed by atoms with Gasteiger partial charge in [0.2, 0.25) is 0 Å². The van der Waals surface area contributed by atoms with Crippen LogP contribution < -0.4 is 5.73 Å². The number of nitrogens with two attached hydrogens (primary N) is 1. The first-order valence-corrected chi connectivity index (χ1v) is 4.80. The maximum absolute atomic E-state index is 10.9. The third kappa shape index (κ3) is 4.31. The lowest BCUT2D eigenvalue weighted by atomic mass is 10.1. The fourth-order valence-electron chi connectivity index (χ4n) is 1.22. The van der Waals surface area contributed by atoms with E-state index >= 15 is 0 Å². The van der Waals surface area contributed by atoms with Crippen LogP contribution in [0.4, 0.5) is 0 Å². The van der Waals surface area contributed by atoms with E-state index in [1.54, 1.807) is 0 Å². The van der Waals surface area contributed by atoms with Gasteiger partial charge in [0.05, 0.1) is 7.11 Å². The fraction of sp³-hybridized carbons (Fsp3) is 0.250. The Morgan fingerprint density at radius 3 is 2.67 bits per heavy atom. The molecule has 15 heavy (non-hydrogen) atoms. The third-order valence-electron chi connectivity index (χ3n) is 2.05. The summed E-state index contributed by atoms with van der Waals surface area (Å²) in [6, 6.07) is 10.00. The van der Waals surface area contributed by atoms with Crippen LogP contribution in [0.3, 0.4) is 0 Å². The Labute approximate surface area is 89.5 Å². The number of ether oxygens (including phenoxy) is 1. The summed E-state index contributed by atoms with van der Waals surface area (Å²) in [5.74, 6) is -0.402. The van der Waals surface area contributed by atoms with Crippen molar-refractivity contribution >= 4 is 5.97 Å². The van der Waals surface area contributed by atoms with Crippen LogP contribution >= 0.6 is 0 Å². The van der Waals surface area contributed by atoms with Crippen molar-refractivity contribution in [3.63, 3.8) is 0 Å². The summed E-state index contributed by atoms with van der Waals surface area (Å²) in [5, 5.41) is 0. The third-order valence-corrected chi connectivity index (χ3v) is 2.05. The minimum atomic E-state index is -0.402. The van der Waals surface area contributed by atoms with E-state index in [2.05, 4.69) is 4.74 Å². The molecule has 0 radical (unpaired) electrons. The lowest BCUT2D eigenvalue weighted by Gasteiger charge is -2.01. The minimum Gasteiger partial charge on any atom is -0.466 e. The van der Waals surface area contributed by atoms with E-state index < -0.39 is 5.97 Å². The van der Waals surface area contributed by atoms with Gasteiger partial charge in [-0.3, -0.25) is 0 Å². The summed E-state index contributed by atoms with van der Waals surface area (Å²) in [7, 11) is 1.34. The van der Waals surface area contributed by atoms with Crippen molar-refractivity contribution in [1.82, 2.24) is 0 Å². The van der Waals surface area contributed by atoms with Crippen LogP contribution in [0.5, 0.6) is 0 Å². The van der Waals surface area contributed by atoms with Crippen LogP contribution in [0, 0.1) is 0 Å². The maximum atomic E-state index is 10.9. The van der Waals surface area contributed by atoms with Crippen LogP contribution in [-0.4, -0.2) is 13.1 Å². The summed E-state index contributed by atoms with van der Waals surface area (Å²) < 4.78 is 4.48. The van der Waals surface area contributed by atoms with Gasteiger partial charge in [0, 0.05) is 11.8 Å². The van der Waals surface area contributed by atoms with E-state index in [9.17, 15) is 4.79 Å². The average molecular weight is 205 g/mol. The zero-order valence-electron chi connectivity index (χ0n) is 8.77. The lowest BCUT2D eigenvalue weighted by molar-refractivity contribution is -0.134. The smallest absolute Gasteiger partial charge is 0.332 e. The highest BCUT2D eigenvalue weighted by Gasteiger charge is 1.98. The van der Waals surface area contributed by atoms with Crippen molar-refractivity contribution in [2.75, 3.05) is 7.11 Å². The van der Waals surface area contributed by atoms with Crippen LogP contribution in [-0.2, 0) is 16.0 Å². The number of allylic oxidation sites excluding steroid dienone is 1. The monoisotopic (exact) mass is 205 g/mol. The first kappa shape index (κ1) is 11.3. The van der Waals surface area contributed by atoms with Gasteiger partial charge in [-0.25, -0.2) is 4.79 Å². The highest BCUT2D eigenvalue weighted by Crippen LogP contribution is 2.05. The van der Waals surface area contributed by atoms with E-state index in [0.29, 0.717) is 12.1 Å². The molecule has 3 nitrogen and oxygen atoms in total. The van der Waals surface area contributed by atoms with Crippen molar-refractivity contribution < 1.29 is 9.53 Å². The molecular weight excluding hydrogens is 190 g/mol. The van der Waals surface area contributed by atoms with Gasteiger partial charge in [-0.05, 0) is 18.4 Å². The topological polar surface area (TPSA) is 52.3 Å². The molecule has 0 aliphatic carbocycles. The Bertz CT molecular complexity index is 344. The molecule has 0 spiro atoms. The van der Waals surface area contributed by atoms with Gasteiger partial charge in [-0.1, -0.05) is 30.3 Å². The van der Waals surface area contributed by atoms with Crippen molar-refractivity contribution in [2.24, 2.45) is 5.73 Å². The molecule has 0 saturated carbocycles. The molecule has 0 fully saturated rings. The normalized spacial score (nSPS) is 11.1. The van der Waals surface area contributed by atoms with Crippen molar-refractivity contribution in [3.05, 3.63) is 47.7 Å². The summed E-state index contributed by atoms with van der Waals surface area (Å²) in [4.78, 5) is 10.9. The van der Waals surface area contributed by atoms with Crippen molar-refractivity contribution in [3.8, 4) is 0 Å². The quantitative estimate of drug-likeness (QED) is 0.600. The zero-order valence-corrected chi connectivity index (χ0v) is 8.77.